The van der Waals surface area contributed by atoms with Crippen LogP contribution in [0.25, 0.3) is 0 Å². The topological polar surface area (TPSA) is 35.2 Å². The van der Waals surface area contributed by atoms with Gasteiger partial charge in [-0.15, -0.1) is 0 Å². The van der Waals surface area contributed by atoms with Crippen LogP contribution in [0.4, 0.5) is 0 Å². The van der Waals surface area contributed by atoms with Crippen molar-refractivity contribution in [2.75, 3.05) is 0 Å². The van der Waals surface area contributed by atoms with E-state index < -0.39 is 0 Å². The van der Waals surface area contributed by atoms with Crippen molar-refractivity contribution in [2.45, 2.75) is 18.6 Å². The summed E-state index contributed by atoms with van der Waals surface area (Å²) in [5.74, 6) is 0.876. The van der Waals surface area contributed by atoms with Crippen molar-refractivity contribution < 1.29 is 4.74 Å². The lowest BCUT2D eigenvalue weighted by Crippen LogP contribution is -2.24. The van der Waals surface area contributed by atoms with E-state index in [9.17, 15) is 0 Å². The zero-order valence-corrected chi connectivity index (χ0v) is 10.6. The summed E-state index contributed by atoms with van der Waals surface area (Å²) in [6.07, 6.45) is 0.755. The number of hydrogen-bond donors (Lipinski definition) is 1. The summed E-state index contributed by atoms with van der Waals surface area (Å²) in [4.78, 5) is 0. The summed E-state index contributed by atoms with van der Waals surface area (Å²) in [7, 11) is 0. The van der Waals surface area contributed by atoms with Gasteiger partial charge in [-0.25, -0.2) is 0 Å². The Hall–Kier alpha value is -1.51. The molecule has 1 aliphatic heterocycles. The summed E-state index contributed by atoms with van der Waals surface area (Å²) in [6.45, 7) is 0. The first-order chi connectivity index (χ1) is 8.74. The zero-order chi connectivity index (χ0) is 12.5. The largest absolute Gasteiger partial charge is 0.485 e. The summed E-state index contributed by atoms with van der Waals surface area (Å²) in [5.41, 5.74) is 8.35. The SMILES string of the molecule is N[C@@H]1CC(c2cccc(Cl)c2)Oc2ccccc21. The quantitative estimate of drug-likeness (QED) is 0.844. The van der Waals surface area contributed by atoms with E-state index in [1.807, 2.05) is 48.5 Å². The smallest absolute Gasteiger partial charge is 0.126 e. The first-order valence-electron chi connectivity index (χ1n) is 6.00. The van der Waals surface area contributed by atoms with Gasteiger partial charge >= 0.3 is 0 Å². The molecule has 0 aromatic heterocycles. The number of fused-ring (bicyclic) bond motifs is 1. The van der Waals surface area contributed by atoms with Crippen LogP contribution in [0.5, 0.6) is 5.75 Å². The fourth-order valence-corrected chi connectivity index (χ4v) is 2.56. The number of halogens is 1. The summed E-state index contributed by atoms with van der Waals surface area (Å²) >= 11 is 6.01. The molecule has 2 nitrogen and oxygen atoms in total. The van der Waals surface area contributed by atoms with Crippen LogP contribution < -0.4 is 10.5 Å². The molecule has 0 saturated heterocycles. The van der Waals surface area contributed by atoms with Crippen LogP contribution in [0.1, 0.15) is 29.7 Å². The van der Waals surface area contributed by atoms with Gasteiger partial charge in [-0.2, -0.15) is 0 Å². The second-order valence-corrected chi connectivity index (χ2v) is 4.98. The molecule has 3 heteroatoms. The van der Waals surface area contributed by atoms with Gasteiger partial charge in [-0.05, 0) is 23.8 Å². The van der Waals surface area contributed by atoms with Crippen molar-refractivity contribution in [1.29, 1.82) is 0 Å². The lowest BCUT2D eigenvalue weighted by Gasteiger charge is -2.30. The van der Waals surface area contributed by atoms with Gasteiger partial charge in [-0.3, -0.25) is 0 Å². The first kappa shape index (κ1) is 11.6. The molecule has 0 bridgehead atoms. The molecular weight excluding hydrogens is 246 g/mol. The molecule has 2 aromatic rings. The van der Waals surface area contributed by atoms with Crippen molar-refractivity contribution >= 4 is 11.6 Å². The molecular formula is C15H14ClNO. The fourth-order valence-electron chi connectivity index (χ4n) is 2.36. The third-order valence-electron chi connectivity index (χ3n) is 3.28. The van der Waals surface area contributed by atoms with E-state index in [2.05, 4.69) is 0 Å². The van der Waals surface area contributed by atoms with Gasteiger partial charge in [0.05, 0.1) is 0 Å². The molecule has 0 fully saturated rings. The second-order valence-electron chi connectivity index (χ2n) is 4.54. The maximum Gasteiger partial charge on any atom is 0.126 e. The molecule has 0 spiro atoms. The van der Waals surface area contributed by atoms with E-state index >= 15 is 0 Å². The standard InChI is InChI=1S/C15H14ClNO/c16-11-5-3-4-10(8-11)15-9-13(17)12-6-1-2-7-14(12)18-15/h1-8,13,15H,9,17H2/t13-,15?/m1/s1. The zero-order valence-electron chi connectivity index (χ0n) is 9.84. The molecule has 0 radical (unpaired) electrons. The van der Waals surface area contributed by atoms with Crippen LogP contribution in [0.2, 0.25) is 5.02 Å². The molecule has 2 N–H and O–H groups in total. The molecule has 0 amide bonds. The number of nitrogens with two attached hydrogens (primary N) is 1. The Morgan fingerprint density at radius 1 is 1.11 bits per heavy atom. The highest BCUT2D eigenvalue weighted by Gasteiger charge is 2.26. The average molecular weight is 260 g/mol. The minimum absolute atomic E-state index is 0.0129. The summed E-state index contributed by atoms with van der Waals surface area (Å²) < 4.78 is 6.00. The Labute approximate surface area is 111 Å². The molecule has 2 atom stereocenters. The Balaban J connectivity index is 1.94. The maximum absolute atomic E-state index is 6.20. The van der Waals surface area contributed by atoms with Gasteiger partial charge in [0, 0.05) is 23.0 Å². The van der Waals surface area contributed by atoms with Crippen LogP contribution in [0.3, 0.4) is 0 Å². The van der Waals surface area contributed by atoms with E-state index in [-0.39, 0.29) is 12.1 Å². The third-order valence-corrected chi connectivity index (χ3v) is 3.51. The lowest BCUT2D eigenvalue weighted by atomic mass is 9.94. The van der Waals surface area contributed by atoms with Crippen molar-refractivity contribution in [3.63, 3.8) is 0 Å². The highest BCUT2D eigenvalue weighted by atomic mass is 35.5. The van der Waals surface area contributed by atoms with Crippen molar-refractivity contribution in [3.8, 4) is 5.75 Å². The predicted octanol–water partition coefficient (Wildman–Crippen LogP) is 3.86. The number of para-hydroxylation sites is 1. The normalized spacial score (nSPS) is 22.1. The van der Waals surface area contributed by atoms with Crippen LogP contribution in [-0.2, 0) is 0 Å². The molecule has 2 aromatic carbocycles. The number of hydrogen-bond acceptors (Lipinski definition) is 2. The van der Waals surface area contributed by atoms with Gasteiger partial charge < -0.3 is 10.5 Å². The molecule has 1 aliphatic rings. The van der Waals surface area contributed by atoms with Crippen LogP contribution in [0.15, 0.2) is 48.5 Å². The maximum atomic E-state index is 6.20. The Morgan fingerprint density at radius 2 is 1.94 bits per heavy atom. The molecule has 3 rings (SSSR count). The number of rotatable bonds is 1. The number of ether oxygens (including phenoxy) is 1. The Morgan fingerprint density at radius 3 is 2.78 bits per heavy atom. The minimum Gasteiger partial charge on any atom is -0.485 e. The van der Waals surface area contributed by atoms with Crippen LogP contribution >= 0.6 is 11.6 Å². The van der Waals surface area contributed by atoms with Gasteiger partial charge in [0.15, 0.2) is 0 Å². The van der Waals surface area contributed by atoms with Crippen LogP contribution in [-0.4, -0.2) is 0 Å². The van der Waals surface area contributed by atoms with Gasteiger partial charge in [0.2, 0.25) is 0 Å². The highest BCUT2D eigenvalue weighted by Crippen LogP contribution is 2.39. The average Bonchev–Trinajstić information content (AvgIpc) is 2.39. The monoisotopic (exact) mass is 259 g/mol. The summed E-state index contributed by atoms with van der Waals surface area (Å²) in [6, 6.07) is 15.7. The molecule has 92 valence electrons. The molecule has 0 aliphatic carbocycles. The van der Waals surface area contributed by atoms with Crippen molar-refractivity contribution in [1.82, 2.24) is 0 Å². The fraction of sp³-hybridized carbons (Fsp3) is 0.200. The van der Waals surface area contributed by atoms with E-state index in [4.69, 9.17) is 22.1 Å². The molecule has 1 heterocycles. The molecule has 1 unspecified atom stereocenters. The lowest BCUT2D eigenvalue weighted by molar-refractivity contribution is 0.161. The van der Waals surface area contributed by atoms with Gasteiger partial charge in [0.1, 0.15) is 11.9 Å². The van der Waals surface area contributed by atoms with Crippen molar-refractivity contribution in [2.24, 2.45) is 5.73 Å². The summed E-state index contributed by atoms with van der Waals surface area (Å²) in [5, 5.41) is 0.725. The van der Waals surface area contributed by atoms with E-state index in [0.717, 1.165) is 28.3 Å². The minimum atomic E-state index is -0.0198. The second kappa shape index (κ2) is 4.63. The van der Waals surface area contributed by atoms with Crippen LogP contribution in [0, 0.1) is 0 Å². The number of benzene rings is 2. The highest BCUT2D eigenvalue weighted by molar-refractivity contribution is 6.30. The Kier molecular flexibility index (Phi) is 2.98. The molecule has 0 saturated carbocycles. The van der Waals surface area contributed by atoms with Gasteiger partial charge in [-0.1, -0.05) is 41.9 Å². The van der Waals surface area contributed by atoms with E-state index in [1.165, 1.54) is 0 Å². The van der Waals surface area contributed by atoms with Crippen molar-refractivity contribution in [3.05, 3.63) is 64.7 Å². The first-order valence-corrected chi connectivity index (χ1v) is 6.38. The predicted molar refractivity (Wildman–Crippen MR) is 72.8 cm³/mol. The van der Waals surface area contributed by atoms with E-state index in [1.54, 1.807) is 0 Å². The third kappa shape index (κ3) is 2.09. The van der Waals surface area contributed by atoms with Gasteiger partial charge in [0.25, 0.3) is 0 Å². The van der Waals surface area contributed by atoms with E-state index in [0.29, 0.717) is 0 Å². The molecule has 18 heavy (non-hydrogen) atoms. The Bertz CT molecular complexity index is 570.